The van der Waals surface area contributed by atoms with Crippen molar-refractivity contribution in [3.8, 4) is 11.8 Å². The summed E-state index contributed by atoms with van der Waals surface area (Å²) >= 11 is 5.88. The molecule has 0 amide bonds. The number of aromatic nitrogens is 4. The van der Waals surface area contributed by atoms with Gasteiger partial charge in [0.25, 0.3) is 0 Å². The van der Waals surface area contributed by atoms with Gasteiger partial charge in [0.1, 0.15) is 11.3 Å². The molecule has 0 saturated carbocycles. The van der Waals surface area contributed by atoms with E-state index in [0.29, 0.717) is 29.4 Å². The van der Waals surface area contributed by atoms with E-state index in [9.17, 15) is 4.79 Å². The molecule has 8 nitrogen and oxygen atoms in total. The summed E-state index contributed by atoms with van der Waals surface area (Å²) in [6, 6.07) is 5.79. The topological polar surface area (TPSA) is 108 Å². The van der Waals surface area contributed by atoms with Gasteiger partial charge in [0.15, 0.2) is 11.5 Å². The summed E-state index contributed by atoms with van der Waals surface area (Å²) in [4.78, 5) is 23.7. The lowest BCUT2D eigenvalue weighted by atomic mass is 10.1. The van der Waals surface area contributed by atoms with E-state index in [4.69, 9.17) is 26.8 Å². The van der Waals surface area contributed by atoms with Crippen molar-refractivity contribution >= 4 is 28.6 Å². The Morgan fingerprint density at radius 2 is 2.15 bits per heavy atom. The molecule has 0 radical (unpaired) electrons. The fourth-order valence-electron chi connectivity index (χ4n) is 2.72. The van der Waals surface area contributed by atoms with Gasteiger partial charge in [0.05, 0.1) is 20.3 Å². The van der Waals surface area contributed by atoms with Crippen LogP contribution in [-0.4, -0.2) is 33.2 Å². The predicted octanol–water partition coefficient (Wildman–Crippen LogP) is 2.68. The van der Waals surface area contributed by atoms with Crippen LogP contribution in [0, 0.1) is 0 Å². The molecule has 0 bridgehead atoms. The number of nitrogens with zero attached hydrogens (tertiary/aromatic N) is 3. The second-order valence-corrected chi connectivity index (χ2v) is 6.36. The minimum absolute atomic E-state index is 0.158. The molecule has 0 atom stereocenters. The van der Waals surface area contributed by atoms with Crippen LogP contribution in [0.5, 0.6) is 11.8 Å². The van der Waals surface area contributed by atoms with E-state index in [-0.39, 0.29) is 24.1 Å². The van der Waals surface area contributed by atoms with Crippen molar-refractivity contribution in [3.63, 3.8) is 0 Å². The second kappa shape index (κ2) is 8.30. The summed E-state index contributed by atoms with van der Waals surface area (Å²) in [6.45, 7) is 2.81. The monoisotopic (exact) mass is 391 g/mol. The van der Waals surface area contributed by atoms with E-state index in [1.165, 1.54) is 4.57 Å². The number of rotatable bonds is 8. The Morgan fingerprint density at radius 3 is 2.85 bits per heavy atom. The number of alkyl halides is 1. The first-order chi connectivity index (χ1) is 13.1. The first-order valence-corrected chi connectivity index (χ1v) is 9.21. The third kappa shape index (κ3) is 4.00. The number of anilines is 1. The van der Waals surface area contributed by atoms with Gasteiger partial charge in [-0.2, -0.15) is 9.97 Å². The van der Waals surface area contributed by atoms with Crippen LogP contribution in [0.2, 0.25) is 0 Å². The molecule has 0 aliphatic heterocycles. The van der Waals surface area contributed by atoms with E-state index < -0.39 is 0 Å². The smallest absolute Gasteiger partial charge is 0.328 e. The third-order valence-corrected chi connectivity index (χ3v) is 4.50. The molecular formula is C18H22ClN5O3. The molecule has 1 aromatic carbocycles. The zero-order valence-electron chi connectivity index (χ0n) is 15.3. The van der Waals surface area contributed by atoms with Crippen molar-refractivity contribution in [3.05, 3.63) is 39.8 Å². The van der Waals surface area contributed by atoms with Crippen molar-refractivity contribution in [2.75, 3.05) is 19.5 Å². The Kier molecular flexibility index (Phi) is 5.85. The van der Waals surface area contributed by atoms with Gasteiger partial charge < -0.3 is 20.2 Å². The second-order valence-electron chi connectivity index (χ2n) is 6.09. The first kappa shape index (κ1) is 19.0. The summed E-state index contributed by atoms with van der Waals surface area (Å²) in [5.74, 6) is 1.20. The molecule has 9 heteroatoms. The average Bonchev–Trinajstić information content (AvgIpc) is 2.98. The molecule has 3 rings (SSSR count). The molecule has 0 aliphatic rings. The van der Waals surface area contributed by atoms with Gasteiger partial charge in [-0.3, -0.25) is 4.57 Å². The number of hydrogen-bond acceptors (Lipinski definition) is 6. The molecule has 0 unspecified atom stereocenters. The number of imidazole rings is 1. The first-order valence-electron chi connectivity index (χ1n) is 8.68. The lowest BCUT2D eigenvalue weighted by molar-refractivity contribution is 0.286. The number of benzene rings is 1. The summed E-state index contributed by atoms with van der Waals surface area (Å²) in [6.07, 6.45) is 1.87. The van der Waals surface area contributed by atoms with Crippen molar-refractivity contribution in [1.82, 2.24) is 19.5 Å². The van der Waals surface area contributed by atoms with Crippen LogP contribution in [0.25, 0.3) is 11.2 Å². The fraction of sp³-hybridized carbons (Fsp3) is 0.389. The number of aromatic amines is 1. The largest absolute Gasteiger partial charge is 0.496 e. The molecule has 27 heavy (non-hydrogen) atoms. The van der Waals surface area contributed by atoms with Crippen LogP contribution in [0.4, 0.5) is 5.82 Å². The molecule has 0 fully saturated rings. The molecule has 0 aliphatic carbocycles. The predicted molar refractivity (Wildman–Crippen MR) is 105 cm³/mol. The molecule has 2 aromatic heterocycles. The highest BCUT2D eigenvalue weighted by molar-refractivity contribution is 6.17. The Morgan fingerprint density at radius 1 is 1.33 bits per heavy atom. The quantitative estimate of drug-likeness (QED) is 0.451. The minimum Gasteiger partial charge on any atom is -0.496 e. The summed E-state index contributed by atoms with van der Waals surface area (Å²) < 4.78 is 12.5. The van der Waals surface area contributed by atoms with Gasteiger partial charge in [0.2, 0.25) is 0 Å². The van der Waals surface area contributed by atoms with E-state index in [1.807, 2.05) is 18.2 Å². The minimum atomic E-state index is -0.333. The van der Waals surface area contributed by atoms with E-state index in [1.54, 1.807) is 7.11 Å². The Balaban J connectivity index is 2.01. The maximum absolute atomic E-state index is 12.5. The zero-order chi connectivity index (χ0) is 19.4. The number of nitrogen functional groups attached to an aromatic ring is 1. The Labute approximate surface area is 161 Å². The summed E-state index contributed by atoms with van der Waals surface area (Å²) in [5.41, 5.74) is 8.17. The fourth-order valence-corrected chi connectivity index (χ4v) is 2.89. The van der Waals surface area contributed by atoms with Gasteiger partial charge in [0, 0.05) is 11.4 Å². The van der Waals surface area contributed by atoms with Crippen LogP contribution >= 0.6 is 11.6 Å². The summed E-state index contributed by atoms with van der Waals surface area (Å²) in [5, 5.41) is 0. The van der Waals surface area contributed by atoms with Crippen LogP contribution < -0.4 is 20.9 Å². The van der Waals surface area contributed by atoms with Crippen molar-refractivity contribution < 1.29 is 9.47 Å². The SMILES string of the molecule is CCCCOc1nc(N)c2[nH]c(=O)n(Cc3ccc(CCl)cc3OC)c2n1. The van der Waals surface area contributed by atoms with Crippen molar-refractivity contribution in [2.24, 2.45) is 0 Å². The van der Waals surface area contributed by atoms with Gasteiger partial charge in [-0.15, -0.1) is 11.6 Å². The van der Waals surface area contributed by atoms with E-state index in [2.05, 4.69) is 21.9 Å². The average molecular weight is 392 g/mol. The van der Waals surface area contributed by atoms with Crippen molar-refractivity contribution in [1.29, 1.82) is 0 Å². The van der Waals surface area contributed by atoms with Crippen molar-refractivity contribution in [2.45, 2.75) is 32.2 Å². The molecule has 0 spiro atoms. The van der Waals surface area contributed by atoms with Gasteiger partial charge in [-0.1, -0.05) is 25.5 Å². The number of methoxy groups -OCH3 is 1. The number of unbranched alkanes of at least 4 members (excludes halogenated alkanes) is 1. The van der Waals surface area contributed by atoms with Crippen LogP contribution in [0.1, 0.15) is 30.9 Å². The number of ether oxygens (including phenoxy) is 2. The Bertz CT molecular complexity index is 999. The molecule has 3 aromatic rings. The molecule has 0 saturated heterocycles. The lowest BCUT2D eigenvalue weighted by Crippen LogP contribution is -2.18. The maximum atomic E-state index is 12.5. The van der Waals surface area contributed by atoms with Crippen LogP contribution in [0.3, 0.4) is 0 Å². The van der Waals surface area contributed by atoms with E-state index >= 15 is 0 Å². The van der Waals surface area contributed by atoms with Crippen LogP contribution in [0.15, 0.2) is 23.0 Å². The number of nitrogens with one attached hydrogen (secondary N) is 1. The highest BCUT2D eigenvalue weighted by Gasteiger charge is 2.16. The molecule has 144 valence electrons. The van der Waals surface area contributed by atoms with Gasteiger partial charge in [-0.05, 0) is 18.1 Å². The number of nitrogens with two attached hydrogens (primary N) is 1. The third-order valence-electron chi connectivity index (χ3n) is 4.19. The Hall–Kier alpha value is -2.74. The molecule has 2 heterocycles. The maximum Gasteiger partial charge on any atom is 0.328 e. The lowest BCUT2D eigenvalue weighted by Gasteiger charge is -2.11. The number of H-pyrrole nitrogens is 1. The standard InChI is InChI=1S/C18H22ClN5O3/c1-3-4-7-27-17-22-15(20)14-16(23-17)24(18(25)21-14)10-12-6-5-11(9-19)8-13(12)26-2/h5-6,8H,3-4,7,9-10H2,1-2H3,(H,21,25)(H2,20,22,23). The molecular weight excluding hydrogens is 370 g/mol. The van der Waals surface area contributed by atoms with E-state index in [0.717, 1.165) is 24.0 Å². The van der Waals surface area contributed by atoms with Gasteiger partial charge >= 0.3 is 11.7 Å². The zero-order valence-corrected chi connectivity index (χ0v) is 16.0. The van der Waals surface area contributed by atoms with Crippen LogP contribution in [-0.2, 0) is 12.4 Å². The number of halogens is 1. The number of fused-ring (bicyclic) bond motifs is 1. The molecule has 3 N–H and O–H groups in total. The van der Waals surface area contributed by atoms with Gasteiger partial charge in [-0.25, -0.2) is 4.79 Å². The summed E-state index contributed by atoms with van der Waals surface area (Å²) in [7, 11) is 1.58. The number of hydrogen-bond donors (Lipinski definition) is 2. The highest BCUT2D eigenvalue weighted by atomic mass is 35.5. The highest BCUT2D eigenvalue weighted by Crippen LogP contribution is 2.24. The normalized spacial score (nSPS) is 11.1.